The summed E-state index contributed by atoms with van der Waals surface area (Å²) < 4.78 is 15.4. The van der Waals surface area contributed by atoms with Crippen molar-refractivity contribution in [2.45, 2.75) is 6.42 Å². The second-order valence-corrected chi connectivity index (χ2v) is 4.65. The van der Waals surface area contributed by atoms with Crippen LogP contribution in [0.1, 0.15) is 5.56 Å². The summed E-state index contributed by atoms with van der Waals surface area (Å²) in [5.41, 5.74) is 7.82. The molecule has 2 N–H and O–H groups in total. The van der Waals surface area contributed by atoms with Crippen molar-refractivity contribution >= 4 is 5.69 Å². The summed E-state index contributed by atoms with van der Waals surface area (Å²) in [5, 5.41) is 0. The third kappa shape index (κ3) is 5.77. The maximum Gasteiger partial charge on any atom is 0.141 e. The van der Waals surface area contributed by atoms with Crippen LogP contribution in [0.5, 0.6) is 5.75 Å². The van der Waals surface area contributed by atoms with Gasteiger partial charge in [0.15, 0.2) is 0 Å². The number of rotatable bonds is 10. The quantitative estimate of drug-likeness (QED) is 0.658. The molecule has 20 heavy (non-hydrogen) atoms. The summed E-state index contributed by atoms with van der Waals surface area (Å²) in [6.45, 7) is 4.23. The highest BCUT2D eigenvalue weighted by Gasteiger charge is 2.06. The minimum absolute atomic E-state index is 0.685. The van der Waals surface area contributed by atoms with Crippen LogP contribution in [0.15, 0.2) is 18.2 Å². The highest BCUT2D eigenvalue weighted by Crippen LogP contribution is 2.22. The Morgan fingerprint density at radius 2 is 1.65 bits per heavy atom. The van der Waals surface area contributed by atoms with Gasteiger partial charge >= 0.3 is 0 Å². The Morgan fingerprint density at radius 3 is 2.15 bits per heavy atom. The number of methoxy groups -OCH3 is 3. The van der Waals surface area contributed by atoms with Gasteiger partial charge in [-0.15, -0.1) is 0 Å². The molecule has 1 aromatic carbocycles. The van der Waals surface area contributed by atoms with Crippen LogP contribution < -0.4 is 10.5 Å². The average molecular weight is 282 g/mol. The maximum atomic E-state index is 5.92. The second kappa shape index (κ2) is 9.58. The average Bonchev–Trinajstić information content (AvgIpc) is 2.46. The van der Waals surface area contributed by atoms with Crippen LogP contribution in [-0.4, -0.2) is 59.1 Å². The molecular formula is C15H26N2O3. The van der Waals surface area contributed by atoms with Crippen molar-refractivity contribution in [1.29, 1.82) is 0 Å². The van der Waals surface area contributed by atoms with Gasteiger partial charge in [0.05, 0.1) is 26.0 Å². The van der Waals surface area contributed by atoms with Crippen LogP contribution >= 0.6 is 0 Å². The van der Waals surface area contributed by atoms with Gasteiger partial charge < -0.3 is 19.9 Å². The summed E-state index contributed by atoms with van der Waals surface area (Å²) in [6.07, 6.45) is 0.946. The van der Waals surface area contributed by atoms with Crippen LogP contribution in [0.3, 0.4) is 0 Å². The molecule has 0 heterocycles. The number of nitrogens with two attached hydrogens (primary N) is 1. The Hall–Kier alpha value is -1.30. The Bertz CT molecular complexity index is 377. The molecular weight excluding hydrogens is 256 g/mol. The van der Waals surface area contributed by atoms with E-state index in [1.165, 1.54) is 5.56 Å². The first-order valence-corrected chi connectivity index (χ1v) is 6.84. The summed E-state index contributed by atoms with van der Waals surface area (Å²) in [6, 6.07) is 5.95. The topological polar surface area (TPSA) is 57.0 Å². The molecule has 0 aliphatic rings. The first-order valence-electron chi connectivity index (χ1n) is 6.84. The van der Waals surface area contributed by atoms with Gasteiger partial charge in [-0.2, -0.15) is 0 Å². The Labute approximate surface area is 121 Å². The molecule has 1 aromatic rings. The van der Waals surface area contributed by atoms with Crippen molar-refractivity contribution in [1.82, 2.24) is 4.90 Å². The van der Waals surface area contributed by atoms with E-state index < -0.39 is 0 Å². The van der Waals surface area contributed by atoms with Gasteiger partial charge in [0.25, 0.3) is 0 Å². The van der Waals surface area contributed by atoms with Gasteiger partial charge in [-0.1, -0.05) is 6.07 Å². The van der Waals surface area contributed by atoms with Crippen molar-refractivity contribution in [2.75, 3.05) is 59.9 Å². The fraction of sp³-hybridized carbons (Fsp3) is 0.600. The molecule has 5 heteroatoms. The predicted molar refractivity (Wildman–Crippen MR) is 81.3 cm³/mol. The number of nitrogens with zero attached hydrogens (tertiary/aromatic N) is 1. The number of benzene rings is 1. The zero-order chi connectivity index (χ0) is 14.8. The van der Waals surface area contributed by atoms with E-state index in [0.717, 1.165) is 45.0 Å². The number of anilines is 1. The van der Waals surface area contributed by atoms with E-state index in [1.54, 1.807) is 21.3 Å². The highest BCUT2D eigenvalue weighted by atomic mass is 16.5. The van der Waals surface area contributed by atoms with E-state index in [-0.39, 0.29) is 0 Å². The molecule has 0 aliphatic heterocycles. The molecule has 0 spiro atoms. The minimum Gasteiger partial charge on any atom is -0.495 e. The third-order valence-corrected chi connectivity index (χ3v) is 3.23. The normalized spacial score (nSPS) is 11.0. The van der Waals surface area contributed by atoms with Crippen molar-refractivity contribution < 1.29 is 14.2 Å². The molecule has 0 radical (unpaired) electrons. The predicted octanol–water partition coefficient (Wildman–Crippen LogP) is 1.41. The molecule has 0 saturated heterocycles. The lowest BCUT2D eigenvalue weighted by molar-refractivity contribution is 0.115. The molecule has 0 aromatic heterocycles. The summed E-state index contributed by atoms with van der Waals surface area (Å²) in [5.74, 6) is 0.726. The number of hydrogen-bond acceptors (Lipinski definition) is 5. The largest absolute Gasteiger partial charge is 0.495 e. The maximum absolute atomic E-state index is 5.92. The minimum atomic E-state index is 0.685. The number of ether oxygens (including phenoxy) is 3. The van der Waals surface area contributed by atoms with E-state index in [1.807, 2.05) is 12.1 Å². The molecule has 1 rings (SSSR count). The second-order valence-electron chi connectivity index (χ2n) is 4.65. The van der Waals surface area contributed by atoms with E-state index in [2.05, 4.69) is 11.0 Å². The summed E-state index contributed by atoms with van der Waals surface area (Å²) in [4.78, 5) is 2.33. The van der Waals surface area contributed by atoms with Gasteiger partial charge in [0, 0.05) is 33.9 Å². The lowest BCUT2D eigenvalue weighted by atomic mass is 10.1. The number of hydrogen-bond donors (Lipinski definition) is 1. The monoisotopic (exact) mass is 282 g/mol. The van der Waals surface area contributed by atoms with Gasteiger partial charge in [0.2, 0.25) is 0 Å². The fourth-order valence-electron chi connectivity index (χ4n) is 2.00. The van der Waals surface area contributed by atoms with Crippen LogP contribution in [0.25, 0.3) is 0 Å². The summed E-state index contributed by atoms with van der Waals surface area (Å²) >= 11 is 0. The molecule has 0 atom stereocenters. The van der Waals surface area contributed by atoms with Gasteiger partial charge in [-0.3, -0.25) is 4.90 Å². The molecule has 114 valence electrons. The van der Waals surface area contributed by atoms with Crippen molar-refractivity contribution in [3.05, 3.63) is 23.8 Å². The third-order valence-electron chi connectivity index (χ3n) is 3.23. The smallest absolute Gasteiger partial charge is 0.141 e. The van der Waals surface area contributed by atoms with Gasteiger partial charge in [-0.25, -0.2) is 0 Å². The zero-order valence-electron chi connectivity index (χ0n) is 12.7. The molecule has 0 unspecified atom stereocenters. The first-order chi connectivity index (χ1) is 9.71. The van der Waals surface area contributed by atoms with E-state index >= 15 is 0 Å². The van der Waals surface area contributed by atoms with Crippen LogP contribution in [0.4, 0.5) is 5.69 Å². The van der Waals surface area contributed by atoms with Gasteiger partial charge in [-0.05, 0) is 24.1 Å². The molecule has 0 fully saturated rings. The Balaban J connectivity index is 2.50. The molecule has 0 amide bonds. The standard InChI is InChI=1S/C15H26N2O3/c1-18-10-8-17(9-11-19-2)7-6-13-4-5-15(20-3)14(16)12-13/h4-5,12H,6-11,16H2,1-3H3. The first kappa shape index (κ1) is 16.8. The van der Waals surface area contributed by atoms with E-state index in [4.69, 9.17) is 19.9 Å². The van der Waals surface area contributed by atoms with E-state index in [9.17, 15) is 0 Å². The molecule has 0 bridgehead atoms. The molecule has 0 aliphatic carbocycles. The lowest BCUT2D eigenvalue weighted by Gasteiger charge is -2.21. The summed E-state index contributed by atoms with van der Waals surface area (Å²) in [7, 11) is 5.07. The van der Waals surface area contributed by atoms with Crippen molar-refractivity contribution in [3.63, 3.8) is 0 Å². The van der Waals surface area contributed by atoms with Crippen molar-refractivity contribution in [3.8, 4) is 5.75 Å². The zero-order valence-corrected chi connectivity index (χ0v) is 12.7. The Morgan fingerprint density at radius 1 is 1.00 bits per heavy atom. The lowest BCUT2D eigenvalue weighted by Crippen LogP contribution is -2.32. The highest BCUT2D eigenvalue weighted by molar-refractivity contribution is 5.54. The van der Waals surface area contributed by atoms with Crippen LogP contribution in [0, 0.1) is 0 Å². The van der Waals surface area contributed by atoms with E-state index in [0.29, 0.717) is 5.69 Å². The van der Waals surface area contributed by atoms with Crippen LogP contribution in [-0.2, 0) is 15.9 Å². The fourth-order valence-corrected chi connectivity index (χ4v) is 2.00. The SMILES string of the molecule is COCCN(CCOC)CCc1ccc(OC)c(N)c1. The van der Waals surface area contributed by atoms with Gasteiger partial charge in [0.1, 0.15) is 5.75 Å². The Kier molecular flexibility index (Phi) is 8.02. The molecule has 0 saturated carbocycles. The van der Waals surface area contributed by atoms with Crippen LogP contribution in [0.2, 0.25) is 0 Å². The number of nitrogen functional groups attached to an aromatic ring is 1. The molecule has 5 nitrogen and oxygen atoms in total. The van der Waals surface area contributed by atoms with Crippen molar-refractivity contribution in [2.24, 2.45) is 0 Å².